The summed E-state index contributed by atoms with van der Waals surface area (Å²) in [5, 5.41) is 7.76. The molecule has 0 aliphatic carbocycles. The van der Waals surface area contributed by atoms with Crippen molar-refractivity contribution in [1.82, 2.24) is 10.6 Å². The van der Waals surface area contributed by atoms with Gasteiger partial charge in [0.2, 0.25) is 0 Å². The Morgan fingerprint density at radius 2 is 2.47 bits per heavy atom. The molecule has 1 aromatic heterocycles. The van der Waals surface area contributed by atoms with E-state index in [1.165, 1.54) is 4.88 Å². The molecular formula is C13H20N3O2S+. The maximum atomic E-state index is 12.0. The van der Waals surface area contributed by atoms with Crippen molar-refractivity contribution < 1.29 is 14.5 Å². The molecule has 1 aliphatic rings. The smallest absolute Gasteiger partial charge is 0.278 e. The zero-order valence-corrected chi connectivity index (χ0v) is 11.9. The van der Waals surface area contributed by atoms with Crippen LogP contribution in [-0.4, -0.2) is 44.0 Å². The Balaban J connectivity index is 1.74. The quantitative estimate of drug-likeness (QED) is 0.636. The molecule has 104 valence electrons. The summed E-state index contributed by atoms with van der Waals surface area (Å²) in [5.74, 6) is 0.0562. The molecule has 0 bridgehead atoms. The summed E-state index contributed by atoms with van der Waals surface area (Å²) in [4.78, 5) is 25.6. The minimum atomic E-state index is -0.172. The highest BCUT2D eigenvalue weighted by Gasteiger charge is 2.29. The molecule has 0 radical (unpaired) electrons. The predicted molar refractivity (Wildman–Crippen MR) is 74.2 cm³/mol. The Morgan fingerprint density at radius 1 is 1.63 bits per heavy atom. The van der Waals surface area contributed by atoms with Gasteiger partial charge in [0.25, 0.3) is 11.8 Å². The van der Waals surface area contributed by atoms with Gasteiger partial charge in [-0.1, -0.05) is 6.07 Å². The van der Waals surface area contributed by atoms with Crippen LogP contribution in [0.4, 0.5) is 0 Å². The van der Waals surface area contributed by atoms with Crippen LogP contribution in [0.3, 0.4) is 0 Å². The molecule has 2 amide bonds. The minimum absolute atomic E-state index is 0.0273. The first-order chi connectivity index (χ1) is 9.16. The molecule has 1 aliphatic heterocycles. The predicted octanol–water partition coefficient (Wildman–Crippen LogP) is -1.19. The van der Waals surface area contributed by atoms with Gasteiger partial charge >= 0.3 is 0 Å². The number of carbonyl (C=O) groups is 2. The summed E-state index contributed by atoms with van der Waals surface area (Å²) in [7, 11) is 0. The fraction of sp³-hybridized carbons (Fsp3) is 0.538. The summed E-state index contributed by atoms with van der Waals surface area (Å²) in [6.07, 6.45) is 0.867. The zero-order valence-electron chi connectivity index (χ0n) is 11.1. The van der Waals surface area contributed by atoms with E-state index >= 15 is 0 Å². The van der Waals surface area contributed by atoms with E-state index < -0.39 is 0 Å². The van der Waals surface area contributed by atoms with E-state index in [1.54, 1.807) is 11.3 Å². The van der Waals surface area contributed by atoms with E-state index in [0.717, 1.165) is 17.9 Å². The monoisotopic (exact) mass is 282 g/mol. The first-order valence-corrected chi connectivity index (χ1v) is 7.46. The lowest BCUT2D eigenvalue weighted by Crippen LogP contribution is -3.19. The summed E-state index contributed by atoms with van der Waals surface area (Å²) in [5.41, 5.74) is 0. The van der Waals surface area contributed by atoms with Crippen LogP contribution in [0.5, 0.6) is 0 Å². The molecule has 0 aromatic carbocycles. The van der Waals surface area contributed by atoms with Crippen LogP contribution in [0, 0.1) is 0 Å². The number of nitrogens with one attached hydrogen (secondary N) is 3. The highest BCUT2D eigenvalue weighted by molar-refractivity contribution is 7.09. The second kappa shape index (κ2) is 6.68. The molecule has 0 saturated carbocycles. The molecule has 2 atom stereocenters. The summed E-state index contributed by atoms with van der Waals surface area (Å²) in [6, 6.07) is 3.91. The van der Waals surface area contributed by atoms with Crippen molar-refractivity contribution in [1.29, 1.82) is 0 Å². The third kappa shape index (κ3) is 4.04. The standard InChI is InChI=1S/C13H19N3O2S/c1-10(16-7-6-14-12(17)9-16)13(18)15-5-4-11-3-2-8-19-11/h2-3,8,10H,4-7,9H2,1H3,(H,14,17)(H,15,18)/p+1/t10-/m1/s1. The van der Waals surface area contributed by atoms with Crippen LogP contribution in [0.25, 0.3) is 0 Å². The van der Waals surface area contributed by atoms with Crippen LogP contribution in [0.1, 0.15) is 11.8 Å². The number of piperazine rings is 1. The lowest BCUT2D eigenvalue weighted by Gasteiger charge is -2.28. The van der Waals surface area contributed by atoms with E-state index in [2.05, 4.69) is 16.7 Å². The SMILES string of the molecule is C[C@H](C(=O)NCCc1cccs1)[NH+]1CCNC(=O)C1. The van der Waals surface area contributed by atoms with Crippen molar-refractivity contribution in [3.05, 3.63) is 22.4 Å². The molecule has 2 rings (SSSR count). The molecule has 1 aromatic rings. The number of quaternary nitrogens is 1. The third-order valence-corrected chi connectivity index (χ3v) is 4.35. The second-order valence-corrected chi connectivity index (χ2v) is 5.81. The van der Waals surface area contributed by atoms with Crippen molar-refractivity contribution in [2.45, 2.75) is 19.4 Å². The van der Waals surface area contributed by atoms with Crippen molar-refractivity contribution >= 4 is 23.2 Å². The fourth-order valence-corrected chi connectivity index (χ4v) is 2.90. The number of carbonyl (C=O) groups excluding carboxylic acids is 2. The Bertz CT molecular complexity index is 433. The van der Waals surface area contributed by atoms with E-state index in [9.17, 15) is 9.59 Å². The fourth-order valence-electron chi connectivity index (χ4n) is 2.19. The van der Waals surface area contributed by atoms with Gasteiger partial charge in [0.15, 0.2) is 12.6 Å². The molecular weight excluding hydrogens is 262 g/mol. The van der Waals surface area contributed by atoms with Gasteiger partial charge in [-0.25, -0.2) is 0 Å². The number of amides is 2. The number of thiophene rings is 1. The molecule has 1 fully saturated rings. The van der Waals surface area contributed by atoms with Crippen LogP contribution in [0.2, 0.25) is 0 Å². The Labute approximate surface area is 117 Å². The summed E-state index contributed by atoms with van der Waals surface area (Å²) < 4.78 is 0. The maximum Gasteiger partial charge on any atom is 0.278 e. The lowest BCUT2D eigenvalue weighted by atomic mass is 10.2. The van der Waals surface area contributed by atoms with Crippen LogP contribution < -0.4 is 15.5 Å². The molecule has 6 heteroatoms. The molecule has 19 heavy (non-hydrogen) atoms. The first kappa shape index (κ1) is 14.0. The van der Waals surface area contributed by atoms with Gasteiger partial charge in [-0.05, 0) is 24.8 Å². The number of hydrogen-bond donors (Lipinski definition) is 3. The van der Waals surface area contributed by atoms with Gasteiger partial charge in [0.1, 0.15) is 0 Å². The lowest BCUT2D eigenvalue weighted by molar-refractivity contribution is -0.907. The zero-order chi connectivity index (χ0) is 13.7. The average Bonchev–Trinajstić information content (AvgIpc) is 2.91. The van der Waals surface area contributed by atoms with Gasteiger partial charge < -0.3 is 15.5 Å². The van der Waals surface area contributed by atoms with Gasteiger partial charge in [-0.15, -0.1) is 11.3 Å². The van der Waals surface area contributed by atoms with Crippen molar-refractivity contribution in [2.75, 3.05) is 26.2 Å². The highest BCUT2D eigenvalue weighted by atomic mass is 32.1. The molecule has 3 N–H and O–H groups in total. The van der Waals surface area contributed by atoms with Gasteiger partial charge in [0, 0.05) is 11.4 Å². The Morgan fingerprint density at radius 3 is 3.16 bits per heavy atom. The van der Waals surface area contributed by atoms with Crippen molar-refractivity contribution in [3.63, 3.8) is 0 Å². The maximum absolute atomic E-state index is 12.0. The van der Waals surface area contributed by atoms with Gasteiger partial charge in [0.05, 0.1) is 13.1 Å². The number of hydrogen-bond acceptors (Lipinski definition) is 3. The van der Waals surface area contributed by atoms with Crippen LogP contribution in [-0.2, 0) is 16.0 Å². The van der Waals surface area contributed by atoms with Crippen molar-refractivity contribution in [2.24, 2.45) is 0 Å². The van der Waals surface area contributed by atoms with Gasteiger partial charge in [-0.3, -0.25) is 9.59 Å². The summed E-state index contributed by atoms with van der Waals surface area (Å²) >= 11 is 1.70. The average molecular weight is 282 g/mol. The number of rotatable bonds is 5. The Hall–Kier alpha value is -1.40. The van der Waals surface area contributed by atoms with E-state index in [0.29, 0.717) is 19.6 Å². The molecule has 1 saturated heterocycles. The minimum Gasteiger partial charge on any atom is -0.351 e. The second-order valence-electron chi connectivity index (χ2n) is 4.78. The molecule has 1 unspecified atom stereocenters. The first-order valence-electron chi connectivity index (χ1n) is 6.58. The Kier molecular flexibility index (Phi) is 4.93. The highest BCUT2D eigenvalue weighted by Crippen LogP contribution is 2.07. The molecule has 2 heterocycles. The summed E-state index contributed by atoms with van der Waals surface area (Å²) in [6.45, 7) is 4.39. The van der Waals surface area contributed by atoms with Gasteiger partial charge in [-0.2, -0.15) is 0 Å². The van der Waals surface area contributed by atoms with Crippen LogP contribution >= 0.6 is 11.3 Å². The third-order valence-electron chi connectivity index (χ3n) is 3.41. The van der Waals surface area contributed by atoms with E-state index in [4.69, 9.17) is 0 Å². The normalized spacial score (nSPS) is 20.7. The molecule has 0 spiro atoms. The van der Waals surface area contributed by atoms with Crippen molar-refractivity contribution in [3.8, 4) is 0 Å². The van der Waals surface area contributed by atoms with E-state index in [1.807, 2.05) is 18.4 Å². The topological polar surface area (TPSA) is 62.6 Å². The largest absolute Gasteiger partial charge is 0.351 e. The molecule has 5 nitrogen and oxygen atoms in total. The van der Waals surface area contributed by atoms with E-state index in [-0.39, 0.29) is 17.9 Å². The van der Waals surface area contributed by atoms with Crippen LogP contribution in [0.15, 0.2) is 17.5 Å².